The average molecular weight is 291 g/mol. The number of rotatable bonds is 3. The van der Waals surface area contributed by atoms with E-state index in [1.54, 1.807) is 12.1 Å². The summed E-state index contributed by atoms with van der Waals surface area (Å²) in [5.41, 5.74) is 8.73. The molecule has 0 fully saturated rings. The van der Waals surface area contributed by atoms with Gasteiger partial charge in [0.25, 0.3) is 0 Å². The lowest BCUT2D eigenvalue weighted by molar-refractivity contribution is -0.116. The largest absolute Gasteiger partial charge is 0.399 e. The molecule has 0 spiro atoms. The molecule has 0 aliphatic rings. The minimum atomic E-state index is -0.235. The van der Waals surface area contributed by atoms with Crippen LogP contribution in [0.5, 0.6) is 0 Å². The Kier molecular flexibility index (Phi) is 3.94. The zero-order valence-corrected chi connectivity index (χ0v) is 12.5. The summed E-state index contributed by atoms with van der Waals surface area (Å²) in [7, 11) is 0. The molecule has 6 heteroatoms. The van der Waals surface area contributed by atoms with E-state index >= 15 is 0 Å². The van der Waals surface area contributed by atoms with Gasteiger partial charge in [0.1, 0.15) is 6.54 Å². The molecule has 0 bridgehead atoms. The Morgan fingerprint density at radius 2 is 2.05 bits per heavy atom. The molecule has 0 aliphatic carbocycles. The van der Waals surface area contributed by atoms with Crippen LogP contribution < -0.4 is 15.9 Å². The number of aromatic nitrogens is 1. The quantitative estimate of drug-likeness (QED) is 0.850. The first-order valence-corrected chi connectivity index (χ1v) is 7.03. The summed E-state index contributed by atoms with van der Waals surface area (Å²) in [5, 5.41) is 2.79. The Hall–Kier alpha value is -2.08. The standard InChI is InChI=1S/C14H17N3O2S/c1-8-4-5-11(15)6-12(8)16-13(18)7-17-9(2)10(3)20-14(17)19/h4-6H,7,15H2,1-3H3,(H,16,18). The zero-order chi connectivity index (χ0) is 14.9. The Morgan fingerprint density at radius 1 is 1.35 bits per heavy atom. The summed E-state index contributed by atoms with van der Waals surface area (Å²) in [4.78, 5) is 24.6. The van der Waals surface area contributed by atoms with E-state index in [9.17, 15) is 9.59 Å². The molecule has 0 saturated heterocycles. The number of nitrogens with one attached hydrogen (secondary N) is 1. The van der Waals surface area contributed by atoms with Gasteiger partial charge < -0.3 is 11.1 Å². The summed E-state index contributed by atoms with van der Waals surface area (Å²) in [6, 6.07) is 5.33. The van der Waals surface area contributed by atoms with Crippen molar-refractivity contribution in [1.29, 1.82) is 0 Å². The number of carbonyl (C=O) groups excluding carboxylic acids is 1. The van der Waals surface area contributed by atoms with Gasteiger partial charge in [0.15, 0.2) is 0 Å². The predicted octanol–water partition coefficient (Wildman–Crippen LogP) is 2.06. The minimum Gasteiger partial charge on any atom is -0.399 e. The lowest BCUT2D eigenvalue weighted by Crippen LogP contribution is -2.25. The van der Waals surface area contributed by atoms with Crippen LogP contribution in [-0.2, 0) is 11.3 Å². The fraction of sp³-hybridized carbons (Fsp3) is 0.286. The lowest BCUT2D eigenvalue weighted by atomic mass is 10.2. The number of aryl methyl sites for hydroxylation is 2. The van der Waals surface area contributed by atoms with Crippen molar-refractivity contribution in [2.24, 2.45) is 0 Å². The molecule has 20 heavy (non-hydrogen) atoms. The molecule has 0 atom stereocenters. The van der Waals surface area contributed by atoms with Gasteiger partial charge in [-0.3, -0.25) is 14.2 Å². The molecule has 1 aromatic carbocycles. The Balaban J connectivity index is 2.17. The second kappa shape index (κ2) is 5.50. The average Bonchev–Trinajstić information content (AvgIpc) is 2.61. The SMILES string of the molecule is Cc1ccc(N)cc1NC(=O)Cn1c(C)c(C)sc1=O. The molecule has 0 aliphatic heterocycles. The predicted molar refractivity (Wildman–Crippen MR) is 82.3 cm³/mol. The third kappa shape index (κ3) is 2.91. The fourth-order valence-corrected chi connectivity index (χ4v) is 2.71. The van der Waals surface area contributed by atoms with Gasteiger partial charge in [-0.2, -0.15) is 0 Å². The molecular weight excluding hydrogens is 274 g/mol. The van der Waals surface area contributed by atoms with Gasteiger partial charge in [-0.1, -0.05) is 17.4 Å². The molecule has 3 N–H and O–H groups in total. The number of nitrogens with two attached hydrogens (primary N) is 1. The van der Waals surface area contributed by atoms with Crippen molar-refractivity contribution >= 4 is 28.6 Å². The van der Waals surface area contributed by atoms with Crippen LogP contribution in [0.25, 0.3) is 0 Å². The number of anilines is 2. The number of hydrogen-bond acceptors (Lipinski definition) is 4. The highest BCUT2D eigenvalue weighted by Gasteiger charge is 2.12. The van der Waals surface area contributed by atoms with Crippen molar-refractivity contribution in [3.63, 3.8) is 0 Å². The van der Waals surface area contributed by atoms with E-state index in [4.69, 9.17) is 5.73 Å². The van der Waals surface area contributed by atoms with Crippen molar-refractivity contribution in [3.05, 3.63) is 44.0 Å². The van der Waals surface area contributed by atoms with Gasteiger partial charge in [-0.25, -0.2) is 0 Å². The molecule has 0 radical (unpaired) electrons. The highest BCUT2D eigenvalue weighted by atomic mass is 32.1. The van der Waals surface area contributed by atoms with Gasteiger partial charge in [0.05, 0.1) is 0 Å². The number of nitrogen functional groups attached to an aromatic ring is 1. The smallest absolute Gasteiger partial charge is 0.308 e. The van der Waals surface area contributed by atoms with Crippen LogP contribution in [0.2, 0.25) is 0 Å². The third-order valence-electron chi connectivity index (χ3n) is 3.21. The van der Waals surface area contributed by atoms with E-state index in [0.29, 0.717) is 11.4 Å². The molecule has 2 rings (SSSR count). The van der Waals surface area contributed by atoms with Crippen molar-refractivity contribution in [3.8, 4) is 0 Å². The second-order valence-corrected chi connectivity index (χ2v) is 5.88. The van der Waals surface area contributed by atoms with Crippen molar-refractivity contribution < 1.29 is 4.79 Å². The summed E-state index contributed by atoms with van der Waals surface area (Å²) >= 11 is 1.16. The van der Waals surface area contributed by atoms with Gasteiger partial charge in [-0.15, -0.1) is 0 Å². The lowest BCUT2D eigenvalue weighted by Gasteiger charge is -2.10. The van der Waals surface area contributed by atoms with Crippen LogP contribution in [0.3, 0.4) is 0 Å². The fourth-order valence-electron chi connectivity index (χ4n) is 1.88. The number of amides is 1. The topological polar surface area (TPSA) is 77.1 Å². The number of thiazole rings is 1. The molecule has 0 unspecified atom stereocenters. The zero-order valence-electron chi connectivity index (χ0n) is 11.7. The monoisotopic (exact) mass is 291 g/mol. The molecule has 1 heterocycles. The highest BCUT2D eigenvalue weighted by Crippen LogP contribution is 2.18. The van der Waals surface area contributed by atoms with Crippen molar-refractivity contribution in [2.45, 2.75) is 27.3 Å². The van der Waals surface area contributed by atoms with Gasteiger partial charge in [0, 0.05) is 21.9 Å². The first-order chi connectivity index (χ1) is 9.38. The number of nitrogens with zero attached hydrogens (tertiary/aromatic N) is 1. The van der Waals surface area contributed by atoms with E-state index in [0.717, 1.165) is 27.5 Å². The Labute approximate surface area is 121 Å². The molecule has 1 amide bonds. The molecule has 2 aromatic rings. The van der Waals surface area contributed by atoms with Crippen LogP contribution in [-0.4, -0.2) is 10.5 Å². The van der Waals surface area contributed by atoms with Gasteiger partial charge >= 0.3 is 4.87 Å². The van der Waals surface area contributed by atoms with Crippen LogP contribution in [0.4, 0.5) is 11.4 Å². The summed E-state index contributed by atoms with van der Waals surface area (Å²) in [5.74, 6) is -0.235. The summed E-state index contributed by atoms with van der Waals surface area (Å²) in [6.07, 6.45) is 0. The summed E-state index contributed by atoms with van der Waals surface area (Å²) < 4.78 is 1.48. The van der Waals surface area contributed by atoms with E-state index in [1.165, 1.54) is 4.57 Å². The molecule has 106 valence electrons. The maximum absolute atomic E-state index is 12.1. The van der Waals surface area contributed by atoms with Crippen molar-refractivity contribution in [1.82, 2.24) is 4.57 Å². The first-order valence-electron chi connectivity index (χ1n) is 6.21. The number of hydrogen-bond donors (Lipinski definition) is 2. The van der Waals surface area contributed by atoms with Crippen LogP contribution in [0, 0.1) is 20.8 Å². The van der Waals surface area contributed by atoms with Crippen molar-refractivity contribution in [2.75, 3.05) is 11.1 Å². The van der Waals surface area contributed by atoms with Crippen LogP contribution in [0.15, 0.2) is 23.0 Å². The Bertz CT molecular complexity index is 716. The Morgan fingerprint density at radius 3 is 2.65 bits per heavy atom. The molecule has 5 nitrogen and oxygen atoms in total. The molecular formula is C14H17N3O2S. The molecule has 0 saturated carbocycles. The minimum absolute atomic E-state index is 0.0171. The number of carbonyl (C=O) groups is 1. The summed E-state index contributed by atoms with van der Waals surface area (Å²) in [6.45, 7) is 5.62. The number of benzene rings is 1. The van der Waals surface area contributed by atoms with E-state index in [-0.39, 0.29) is 17.3 Å². The van der Waals surface area contributed by atoms with Crippen LogP contribution >= 0.6 is 11.3 Å². The maximum Gasteiger partial charge on any atom is 0.308 e. The maximum atomic E-state index is 12.1. The third-order valence-corrected chi connectivity index (χ3v) is 4.21. The van der Waals surface area contributed by atoms with E-state index in [2.05, 4.69) is 5.32 Å². The normalized spacial score (nSPS) is 10.6. The van der Waals surface area contributed by atoms with Gasteiger partial charge in [0.2, 0.25) is 5.91 Å². The first kappa shape index (κ1) is 14.3. The molecule has 1 aromatic heterocycles. The van der Waals surface area contributed by atoms with E-state index < -0.39 is 0 Å². The highest BCUT2D eigenvalue weighted by molar-refractivity contribution is 7.09. The van der Waals surface area contributed by atoms with Crippen LogP contribution in [0.1, 0.15) is 16.1 Å². The second-order valence-electron chi connectivity index (χ2n) is 4.72. The van der Waals surface area contributed by atoms with Gasteiger partial charge in [-0.05, 0) is 38.5 Å². The van der Waals surface area contributed by atoms with E-state index in [1.807, 2.05) is 26.8 Å².